The quantitative estimate of drug-likeness (QED) is 0.685. The molecule has 28 heavy (non-hydrogen) atoms. The van der Waals surface area contributed by atoms with Gasteiger partial charge in [0, 0.05) is 23.0 Å². The van der Waals surface area contributed by atoms with Gasteiger partial charge in [-0.2, -0.15) is 0 Å². The summed E-state index contributed by atoms with van der Waals surface area (Å²) >= 11 is 5.93. The topological polar surface area (TPSA) is 69.6 Å². The maximum atomic E-state index is 12.8. The summed E-state index contributed by atoms with van der Waals surface area (Å²) in [7, 11) is 3.12. The van der Waals surface area contributed by atoms with Crippen LogP contribution in [0.1, 0.15) is 15.9 Å². The van der Waals surface area contributed by atoms with Crippen LogP contribution in [0.2, 0.25) is 5.02 Å². The van der Waals surface area contributed by atoms with Crippen LogP contribution in [0.4, 0.5) is 5.69 Å². The predicted molar refractivity (Wildman–Crippen MR) is 109 cm³/mol. The van der Waals surface area contributed by atoms with Gasteiger partial charge in [0.25, 0.3) is 11.5 Å². The first kappa shape index (κ1) is 19.5. The number of nitrogens with one attached hydrogen (secondary N) is 1. The number of benzene rings is 2. The van der Waals surface area contributed by atoms with Gasteiger partial charge in [-0.3, -0.25) is 9.59 Å². The largest absolute Gasteiger partial charge is 0.497 e. The number of hydrogen-bond acceptors (Lipinski definition) is 4. The third kappa shape index (κ3) is 4.53. The second-order valence-corrected chi connectivity index (χ2v) is 6.48. The molecule has 1 heterocycles. The summed E-state index contributed by atoms with van der Waals surface area (Å²) in [6.07, 6.45) is 1.63. The van der Waals surface area contributed by atoms with Crippen molar-refractivity contribution in [3.05, 3.63) is 87.3 Å². The third-order valence-electron chi connectivity index (χ3n) is 4.11. The molecule has 1 amide bonds. The average Bonchev–Trinajstić information content (AvgIpc) is 2.69. The maximum Gasteiger partial charge on any atom is 0.263 e. The molecule has 2 aromatic carbocycles. The number of carbonyl (C=O) groups is 1. The van der Waals surface area contributed by atoms with Crippen LogP contribution in [-0.2, 0) is 6.54 Å². The fourth-order valence-electron chi connectivity index (χ4n) is 2.75. The molecule has 0 radical (unpaired) electrons. The number of ether oxygens (including phenoxy) is 2. The van der Waals surface area contributed by atoms with Crippen LogP contribution in [0.25, 0.3) is 0 Å². The van der Waals surface area contributed by atoms with E-state index in [1.54, 1.807) is 56.8 Å². The molecule has 0 bridgehead atoms. The molecular weight excluding hydrogens is 380 g/mol. The van der Waals surface area contributed by atoms with Gasteiger partial charge in [-0.05, 0) is 48.0 Å². The van der Waals surface area contributed by atoms with Gasteiger partial charge >= 0.3 is 0 Å². The monoisotopic (exact) mass is 398 g/mol. The lowest BCUT2D eigenvalue weighted by Gasteiger charge is -2.11. The number of nitrogens with zero attached hydrogens (tertiary/aromatic N) is 1. The Morgan fingerprint density at radius 2 is 1.75 bits per heavy atom. The SMILES string of the molecule is COc1cc(Cn2cccc(C(=O)Nc3cccc(Cl)c3)c2=O)cc(OC)c1. The molecule has 1 aromatic heterocycles. The summed E-state index contributed by atoms with van der Waals surface area (Å²) in [6.45, 7) is 0.269. The molecular formula is C21H19ClN2O4. The maximum absolute atomic E-state index is 12.8. The molecule has 1 N–H and O–H groups in total. The second kappa shape index (κ2) is 8.63. The van der Waals surface area contributed by atoms with E-state index in [1.807, 2.05) is 12.1 Å². The lowest BCUT2D eigenvalue weighted by atomic mass is 10.2. The first-order valence-corrected chi connectivity index (χ1v) is 8.86. The second-order valence-electron chi connectivity index (χ2n) is 6.04. The molecule has 0 aliphatic rings. The predicted octanol–water partition coefficient (Wildman–Crippen LogP) is 3.82. The zero-order valence-corrected chi connectivity index (χ0v) is 16.2. The lowest BCUT2D eigenvalue weighted by Crippen LogP contribution is -2.29. The molecule has 3 rings (SSSR count). The zero-order valence-electron chi connectivity index (χ0n) is 15.4. The molecule has 0 unspecified atom stereocenters. The van der Waals surface area contributed by atoms with Crippen molar-refractivity contribution in [3.8, 4) is 11.5 Å². The Hall–Kier alpha value is -3.25. The van der Waals surface area contributed by atoms with Crippen LogP contribution in [0.15, 0.2) is 65.6 Å². The van der Waals surface area contributed by atoms with E-state index >= 15 is 0 Å². The van der Waals surface area contributed by atoms with Crippen molar-refractivity contribution in [2.24, 2.45) is 0 Å². The number of aromatic nitrogens is 1. The number of carbonyl (C=O) groups excluding carboxylic acids is 1. The van der Waals surface area contributed by atoms with Gasteiger partial charge < -0.3 is 19.4 Å². The number of amides is 1. The Morgan fingerprint density at radius 1 is 1.04 bits per heavy atom. The lowest BCUT2D eigenvalue weighted by molar-refractivity contribution is 0.102. The summed E-state index contributed by atoms with van der Waals surface area (Å²) < 4.78 is 12.0. The van der Waals surface area contributed by atoms with Crippen molar-refractivity contribution in [1.29, 1.82) is 0 Å². The highest BCUT2D eigenvalue weighted by Crippen LogP contribution is 2.23. The minimum Gasteiger partial charge on any atom is -0.497 e. The van der Waals surface area contributed by atoms with E-state index in [1.165, 1.54) is 10.6 Å². The molecule has 0 saturated carbocycles. The van der Waals surface area contributed by atoms with Gasteiger partial charge in [-0.15, -0.1) is 0 Å². The van der Waals surface area contributed by atoms with E-state index in [0.29, 0.717) is 22.2 Å². The van der Waals surface area contributed by atoms with E-state index in [-0.39, 0.29) is 12.1 Å². The molecule has 7 heteroatoms. The Kier molecular flexibility index (Phi) is 6.01. The third-order valence-corrected chi connectivity index (χ3v) is 4.35. The normalized spacial score (nSPS) is 10.4. The fraction of sp³-hybridized carbons (Fsp3) is 0.143. The molecule has 0 saturated heterocycles. The van der Waals surface area contributed by atoms with Crippen LogP contribution in [0.5, 0.6) is 11.5 Å². The Labute approximate surface area is 167 Å². The van der Waals surface area contributed by atoms with Crippen molar-refractivity contribution < 1.29 is 14.3 Å². The van der Waals surface area contributed by atoms with Crippen LogP contribution in [-0.4, -0.2) is 24.7 Å². The van der Waals surface area contributed by atoms with Gasteiger partial charge in [0.1, 0.15) is 17.1 Å². The summed E-state index contributed by atoms with van der Waals surface area (Å²) in [6, 6.07) is 15.3. The Balaban J connectivity index is 1.87. The van der Waals surface area contributed by atoms with Crippen molar-refractivity contribution >= 4 is 23.2 Å². The minimum absolute atomic E-state index is 0.0392. The van der Waals surface area contributed by atoms with Crippen molar-refractivity contribution in [3.63, 3.8) is 0 Å². The number of anilines is 1. The van der Waals surface area contributed by atoms with Crippen molar-refractivity contribution in [2.75, 3.05) is 19.5 Å². The van der Waals surface area contributed by atoms with Crippen LogP contribution in [0, 0.1) is 0 Å². The van der Waals surface area contributed by atoms with Crippen LogP contribution < -0.4 is 20.3 Å². The highest BCUT2D eigenvalue weighted by Gasteiger charge is 2.13. The first-order valence-electron chi connectivity index (χ1n) is 8.48. The van der Waals surface area contributed by atoms with Gasteiger partial charge in [-0.25, -0.2) is 0 Å². The van der Waals surface area contributed by atoms with E-state index in [9.17, 15) is 9.59 Å². The smallest absolute Gasteiger partial charge is 0.263 e. The number of halogens is 1. The van der Waals surface area contributed by atoms with E-state index in [0.717, 1.165) is 5.56 Å². The Morgan fingerprint density at radius 3 is 2.39 bits per heavy atom. The molecule has 0 aliphatic carbocycles. The van der Waals surface area contributed by atoms with Crippen molar-refractivity contribution in [2.45, 2.75) is 6.54 Å². The summed E-state index contributed by atoms with van der Waals surface area (Å²) in [4.78, 5) is 25.3. The summed E-state index contributed by atoms with van der Waals surface area (Å²) in [5, 5.41) is 3.19. The molecule has 0 aliphatic heterocycles. The highest BCUT2D eigenvalue weighted by molar-refractivity contribution is 6.30. The average molecular weight is 399 g/mol. The zero-order chi connectivity index (χ0) is 20.1. The van der Waals surface area contributed by atoms with Gasteiger partial charge in [0.05, 0.1) is 20.8 Å². The van der Waals surface area contributed by atoms with Gasteiger partial charge in [0.2, 0.25) is 0 Å². The van der Waals surface area contributed by atoms with Crippen LogP contribution >= 0.6 is 11.6 Å². The standard InChI is InChI=1S/C21H19ClN2O4/c1-27-17-9-14(10-18(12-17)28-2)13-24-8-4-7-19(21(24)26)20(25)23-16-6-3-5-15(22)11-16/h3-12H,13H2,1-2H3,(H,23,25). The van der Waals surface area contributed by atoms with E-state index in [4.69, 9.17) is 21.1 Å². The molecule has 0 atom stereocenters. The molecule has 0 fully saturated rings. The fourth-order valence-corrected chi connectivity index (χ4v) is 2.94. The van der Waals surface area contributed by atoms with Gasteiger partial charge in [-0.1, -0.05) is 17.7 Å². The number of rotatable bonds is 6. The van der Waals surface area contributed by atoms with Gasteiger partial charge in [0.15, 0.2) is 0 Å². The molecule has 3 aromatic rings. The molecule has 144 valence electrons. The number of hydrogen-bond donors (Lipinski definition) is 1. The highest BCUT2D eigenvalue weighted by atomic mass is 35.5. The van der Waals surface area contributed by atoms with E-state index < -0.39 is 11.5 Å². The number of pyridine rings is 1. The van der Waals surface area contributed by atoms with Crippen molar-refractivity contribution in [1.82, 2.24) is 4.57 Å². The Bertz CT molecular complexity index is 1040. The van der Waals surface area contributed by atoms with E-state index in [2.05, 4.69) is 5.32 Å². The molecule has 0 spiro atoms. The first-order chi connectivity index (χ1) is 13.5. The summed E-state index contributed by atoms with van der Waals surface area (Å²) in [5.41, 5.74) is 0.969. The summed E-state index contributed by atoms with van der Waals surface area (Å²) in [5.74, 6) is 0.749. The minimum atomic E-state index is -0.496. The number of methoxy groups -OCH3 is 2. The van der Waals surface area contributed by atoms with Crippen LogP contribution in [0.3, 0.4) is 0 Å². The molecule has 6 nitrogen and oxygen atoms in total.